The highest BCUT2D eigenvalue weighted by atomic mass is 35.5. The predicted molar refractivity (Wildman–Crippen MR) is 57.3 cm³/mol. The fraction of sp³-hybridized carbons (Fsp3) is 0.286. The monoisotopic (exact) mass is 244 g/mol. The number of rotatable bonds is 3. The lowest BCUT2D eigenvalue weighted by molar-refractivity contribution is 0.563. The van der Waals surface area contributed by atoms with E-state index < -0.39 is 0 Å². The molecule has 0 aliphatic carbocycles. The highest BCUT2D eigenvalue weighted by Gasteiger charge is 2.21. The number of aryl methyl sites for hydroxylation is 1. The molecule has 3 N–H and O–H groups in total. The van der Waals surface area contributed by atoms with Crippen molar-refractivity contribution in [3.63, 3.8) is 0 Å². The van der Waals surface area contributed by atoms with Crippen molar-refractivity contribution in [2.45, 2.75) is 6.04 Å². The van der Waals surface area contributed by atoms with Crippen LogP contribution in [0.1, 0.15) is 17.4 Å². The molecule has 8 heteroatoms. The second kappa shape index (κ2) is 4.23. The quantitative estimate of drug-likeness (QED) is 0.606. The van der Waals surface area contributed by atoms with Crippen LogP contribution in [-0.4, -0.2) is 19.4 Å². The molecule has 0 aliphatic rings. The van der Waals surface area contributed by atoms with Crippen LogP contribution in [0.3, 0.4) is 0 Å². The maximum Gasteiger partial charge on any atom is 0.109 e. The van der Waals surface area contributed by atoms with E-state index in [0.717, 1.165) is 11.4 Å². The lowest BCUT2D eigenvalue weighted by Crippen LogP contribution is -2.30. The number of nitrogens with zero attached hydrogens (tertiary/aromatic N) is 4. The van der Waals surface area contributed by atoms with E-state index in [0.29, 0.717) is 5.02 Å². The highest BCUT2D eigenvalue weighted by Crippen LogP contribution is 2.26. The maximum absolute atomic E-state index is 6.01. The Morgan fingerprint density at radius 2 is 2.47 bits per heavy atom. The Labute approximate surface area is 95.2 Å². The zero-order valence-corrected chi connectivity index (χ0v) is 9.46. The fourth-order valence-electron chi connectivity index (χ4n) is 1.35. The highest BCUT2D eigenvalue weighted by molar-refractivity contribution is 7.03. The Hall–Kier alpha value is -1.02. The van der Waals surface area contributed by atoms with E-state index in [1.807, 2.05) is 5.38 Å². The Balaban J connectivity index is 2.44. The van der Waals surface area contributed by atoms with Crippen molar-refractivity contribution in [3.8, 4) is 0 Å². The lowest BCUT2D eigenvalue weighted by Gasteiger charge is -2.13. The van der Waals surface area contributed by atoms with E-state index in [-0.39, 0.29) is 6.04 Å². The van der Waals surface area contributed by atoms with Gasteiger partial charge in [0.1, 0.15) is 6.04 Å². The van der Waals surface area contributed by atoms with Gasteiger partial charge in [-0.2, -0.15) is 5.10 Å². The van der Waals surface area contributed by atoms with Gasteiger partial charge in [0, 0.05) is 12.4 Å². The minimum atomic E-state index is -0.288. The molecule has 0 bridgehead atoms. The van der Waals surface area contributed by atoms with Gasteiger partial charge in [-0.25, -0.2) is 5.43 Å². The van der Waals surface area contributed by atoms with E-state index in [1.54, 1.807) is 17.9 Å². The van der Waals surface area contributed by atoms with Gasteiger partial charge in [0.25, 0.3) is 0 Å². The van der Waals surface area contributed by atoms with Gasteiger partial charge in [-0.3, -0.25) is 10.5 Å². The van der Waals surface area contributed by atoms with Gasteiger partial charge in [0.05, 0.1) is 22.6 Å². The summed E-state index contributed by atoms with van der Waals surface area (Å²) in [5.41, 5.74) is 4.15. The molecule has 0 fully saturated rings. The minimum absolute atomic E-state index is 0.288. The number of halogens is 1. The normalized spacial score (nSPS) is 13.0. The topological polar surface area (TPSA) is 81.7 Å². The molecule has 1 atom stereocenters. The van der Waals surface area contributed by atoms with Crippen LogP contribution in [0.4, 0.5) is 0 Å². The average molecular weight is 245 g/mol. The van der Waals surface area contributed by atoms with Gasteiger partial charge >= 0.3 is 0 Å². The van der Waals surface area contributed by atoms with Crippen molar-refractivity contribution < 1.29 is 0 Å². The van der Waals surface area contributed by atoms with Crippen molar-refractivity contribution in [1.29, 1.82) is 0 Å². The van der Waals surface area contributed by atoms with Crippen LogP contribution in [0, 0.1) is 0 Å². The van der Waals surface area contributed by atoms with E-state index in [2.05, 4.69) is 20.1 Å². The molecule has 0 amide bonds. The van der Waals surface area contributed by atoms with Gasteiger partial charge in [0.2, 0.25) is 0 Å². The molecule has 6 nitrogen and oxygen atoms in total. The lowest BCUT2D eigenvalue weighted by atomic mass is 10.1. The molecular weight excluding hydrogens is 236 g/mol. The largest absolute Gasteiger partial charge is 0.270 e. The molecule has 0 saturated heterocycles. The first-order valence-electron chi connectivity index (χ1n) is 4.14. The average Bonchev–Trinajstić information content (AvgIpc) is 2.83. The maximum atomic E-state index is 6.01. The van der Waals surface area contributed by atoms with Gasteiger partial charge in [-0.15, -0.1) is 5.10 Å². The number of hydrogen-bond acceptors (Lipinski definition) is 6. The van der Waals surface area contributed by atoms with E-state index >= 15 is 0 Å². The molecule has 2 aromatic rings. The van der Waals surface area contributed by atoms with Crippen molar-refractivity contribution >= 4 is 23.1 Å². The molecular formula is C7H9ClN6S. The molecule has 2 rings (SSSR count). The Bertz CT molecular complexity index is 419. The van der Waals surface area contributed by atoms with E-state index in [9.17, 15) is 0 Å². The van der Waals surface area contributed by atoms with Crippen molar-refractivity contribution in [3.05, 3.63) is 28.0 Å². The molecule has 15 heavy (non-hydrogen) atoms. The molecule has 80 valence electrons. The summed E-state index contributed by atoms with van der Waals surface area (Å²) in [6.07, 6.45) is 1.57. The van der Waals surface area contributed by atoms with Crippen LogP contribution in [0.2, 0.25) is 5.02 Å². The van der Waals surface area contributed by atoms with Gasteiger partial charge < -0.3 is 0 Å². The standard InChI is InChI=1S/C7H9ClN6S/c1-14-7(4(8)2-10-14)6(11-9)5-3-15-13-12-5/h2-3,6,11H,9H2,1H3. The van der Waals surface area contributed by atoms with Gasteiger partial charge in [0.15, 0.2) is 0 Å². The summed E-state index contributed by atoms with van der Waals surface area (Å²) in [5.74, 6) is 5.48. The molecule has 0 radical (unpaired) electrons. The first-order valence-corrected chi connectivity index (χ1v) is 5.36. The van der Waals surface area contributed by atoms with Crippen molar-refractivity contribution in [2.75, 3.05) is 0 Å². The van der Waals surface area contributed by atoms with Crippen LogP contribution < -0.4 is 11.3 Å². The molecule has 0 aliphatic heterocycles. The van der Waals surface area contributed by atoms with Gasteiger partial charge in [-0.05, 0) is 11.5 Å². The summed E-state index contributed by atoms with van der Waals surface area (Å²) in [6, 6.07) is -0.288. The van der Waals surface area contributed by atoms with Crippen molar-refractivity contribution in [1.82, 2.24) is 24.8 Å². The molecule has 0 saturated carbocycles. The second-order valence-corrected chi connectivity index (χ2v) is 3.95. The smallest absolute Gasteiger partial charge is 0.109 e. The first kappa shape index (κ1) is 10.5. The number of nitrogens with one attached hydrogen (secondary N) is 1. The predicted octanol–water partition coefficient (Wildman–Crippen LogP) is 0.478. The molecule has 0 spiro atoms. The SMILES string of the molecule is Cn1ncc(Cl)c1C(NN)c1csnn1. The number of hydrazine groups is 1. The van der Waals surface area contributed by atoms with Crippen LogP contribution in [-0.2, 0) is 7.05 Å². The summed E-state index contributed by atoms with van der Waals surface area (Å²) in [5, 5.41) is 10.4. The molecule has 2 aromatic heterocycles. The summed E-state index contributed by atoms with van der Waals surface area (Å²) in [4.78, 5) is 0. The molecule has 1 unspecified atom stereocenters. The fourth-order valence-corrected chi connectivity index (χ4v) is 2.10. The first-order chi connectivity index (χ1) is 7.24. The van der Waals surface area contributed by atoms with E-state index in [4.69, 9.17) is 17.4 Å². The minimum Gasteiger partial charge on any atom is -0.270 e. The summed E-state index contributed by atoms with van der Waals surface area (Å²) < 4.78 is 5.44. The van der Waals surface area contributed by atoms with Crippen molar-refractivity contribution in [2.24, 2.45) is 12.9 Å². The van der Waals surface area contributed by atoms with E-state index in [1.165, 1.54) is 11.5 Å². The summed E-state index contributed by atoms with van der Waals surface area (Å²) >= 11 is 7.27. The van der Waals surface area contributed by atoms with Crippen LogP contribution in [0.5, 0.6) is 0 Å². The number of aromatic nitrogens is 4. The van der Waals surface area contributed by atoms with Crippen LogP contribution >= 0.6 is 23.1 Å². The second-order valence-electron chi connectivity index (χ2n) is 2.93. The molecule has 2 heterocycles. The Kier molecular flexibility index (Phi) is 2.96. The summed E-state index contributed by atoms with van der Waals surface area (Å²) in [6.45, 7) is 0. The Morgan fingerprint density at radius 1 is 1.67 bits per heavy atom. The summed E-state index contributed by atoms with van der Waals surface area (Å²) in [7, 11) is 1.80. The zero-order chi connectivity index (χ0) is 10.8. The van der Waals surface area contributed by atoms with Crippen LogP contribution in [0.25, 0.3) is 0 Å². The Morgan fingerprint density at radius 3 is 2.93 bits per heavy atom. The third-order valence-electron chi connectivity index (χ3n) is 2.05. The number of hydrogen-bond donors (Lipinski definition) is 2. The van der Waals surface area contributed by atoms with Crippen LogP contribution in [0.15, 0.2) is 11.6 Å². The van der Waals surface area contributed by atoms with Gasteiger partial charge in [-0.1, -0.05) is 16.1 Å². The zero-order valence-electron chi connectivity index (χ0n) is 7.88. The third kappa shape index (κ3) is 1.86. The molecule has 0 aromatic carbocycles. The number of nitrogens with two attached hydrogens (primary N) is 1. The third-order valence-corrected chi connectivity index (χ3v) is 2.86.